The second-order valence-corrected chi connectivity index (χ2v) is 4.53. The van der Waals surface area contributed by atoms with Crippen molar-refractivity contribution < 1.29 is 4.79 Å². The molecular weight excluding hydrogens is 236 g/mol. The van der Waals surface area contributed by atoms with E-state index in [-0.39, 0.29) is 5.69 Å². The minimum atomic E-state index is -0.572. The molecule has 0 aliphatic carbocycles. The number of carbonyl (C=O) groups excluding carboxylic acids is 1. The Labute approximate surface area is 94.0 Å². The highest BCUT2D eigenvalue weighted by molar-refractivity contribution is 7.22. The van der Waals surface area contributed by atoms with Crippen molar-refractivity contribution in [2.75, 3.05) is 0 Å². The molecule has 0 aliphatic rings. The van der Waals surface area contributed by atoms with Crippen LogP contribution in [-0.4, -0.2) is 21.7 Å². The number of halogens is 1. The molecule has 15 heavy (non-hydrogen) atoms. The SMILES string of the molecule is Cn1c(C(N)=O)c(C=N)c2sc(Cl)nc21. The lowest BCUT2D eigenvalue weighted by atomic mass is 10.2. The molecule has 5 nitrogen and oxygen atoms in total. The summed E-state index contributed by atoms with van der Waals surface area (Å²) in [4.78, 5) is 15.3. The average molecular weight is 243 g/mol. The Bertz CT molecular complexity index is 571. The van der Waals surface area contributed by atoms with Gasteiger partial charge in [0, 0.05) is 18.8 Å². The summed E-state index contributed by atoms with van der Waals surface area (Å²) in [5.41, 5.74) is 6.58. The van der Waals surface area contributed by atoms with Crippen LogP contribution in [0.25, 0.3) is 10.3 Å². The molecule has 0 spiro atoms. The molecule has 0 radical (unpaired) electrons. The lowest BCUT2D eigenvalue weighted by molar-refractivity contribution is 0.0993. The van der Waals surface area contributed by atoms with Gasteiger partial charge in [0.25, 0.3) is 5.91 Å². The van der Waals surface area contributed by atoms with Crippen LogP contribution in [0.4, 0.5) is 0 Å². The third-order valence-corrected chi connectivity index (χ3v) is 3.30. The summed E-state index contributed by atoms with van der Waals surface area (Å²) in [6.45, 7) is 0. The molecule has 2 heterocycles. The molecule has 2 rings (SSSR count). The normalized spacial score (nSPS) is 10.8. The summed E-state index contributed by atoms with van der Waals surface area (Å²) in [7, 11) is 1.67. The van der Waals surface area contributed by atoms with Gasteiger partial charge in [0.1, 0.15) is 5.69 Å². The average Bonchev–Trinajstić information content (AvgIpc) is 2.63. The first-order valence-corrected chi connectivity index (χ1v) is 5.20. The third-order valence-electron chi connectivity index (χ3n) is 2.11. The minimum absolute atomic E-state index is 0.287. The van der Waals surface area contributed by atoms with E-state index in [1.807, 2.05) is 0 Å². The van der Waals surface area contributed by atoms with Gasteiger partial charge in [0.05, 0.1) is 4.70 Å². The number of aromatic nitrogens is 2. The second kappa shape index (κ2) is 3.32. The fraction of sp³-hybridized carbons (Fsp3) is 0.125. The lowest BCUT2D eigenvalue weighted by Crippen LogP contribution is -2.17. The first-order valence-electron chi connectivity index (χ1n) is 4.01. The predicted molar refractivity (Wildman–Crippen MR) is 60.0 cm³/mol. The summed E-state index contributed by atoms with van der Waals surface area (Å²) in [6, 6.07) is 0. The van der Waals surface area contributed by atoms with Crippen LogP contribution in [0.15, 0.2) is 0 Å². The van der Waals surface area contributed by atoms with Crippen LogP contribution in [-0.2, 0) is 7.05 Å². The predicted octanol–water partition coefficient (Wildman–Crippen LogP) is 1.38. The smallest absolute Gasteiger partial charge is 0.266 e. The van der Waals surface area contributed by atoms with E-state index in [2.05, 4.69) is 4.98 Å². The van der Waals surface area contributed by atoms with Gasteiger partial charge in [-0.05, 0) is 0 Å². The number of amides is 1. The highest BCUT2D eigenvalue weighted by Gasteiger charge is 2.20. The molecule has 0 fully saturated rings. The minimum Gasteiger partial charge on any atom is -0.364 e. The molecule has 0 unspecified atom stereocenters. The molecule has 0 atom stereocenters. The van der Waals surface area contributed by atoms with Crippen molar-refractivity contribution in [3.63, 3.8) is 0 Å². The number of carbonyl (C=O) groups is 1. The van der Waals surface area contributed by atoms with Gasteiger partial charge < -0.3 is 15.7 Å². The van der Waals surface area contributed by atoms with Crippen molar-refractivity contribution in [2.45, 2.75) is 0 Å². The first-order chi connectivity index (χ1) is 7.06. The molecule has 0 aliphatic heterocycles. The molecule has 7 heteroatoms. The number of hydrogen-bond donors (Lipinski definition) is 2. The fourth-order valence-electron chi connectivity index (χ4n) is 1.52. The van der Waals surface area contributed by atoms with Crippen molar-refractivity contribution in [3.05, 3.63) is 15.7 Å². The number of nitrogens with one attached hydrogen (secondary N) is 1. The molecule has 1 amide bonds. The largest absolute Gasteiger partial charge is 0.364 e. The zero-order valence-electron chi connectivity index (χ0n) is 7.74. The molecule has 2 aromatic rings. The van der Waals surface area contributed by atoms with Gasteiger partial charge in [0.15, 0.2) is 10.1 Å². The quantitative estimate of drug-likeness (QED) is 0.780. The van der Waals surface area contributed by atoms with Gasteiger partial charge in [-0.15, -0.1) is 0 Å². The number of rotatable bonds is 2. The van der Waals surface area contributed by atoms with Gasteiger partial charge in [-0.2, -0.15) is 0 Å². The van der Waals surface area contributed by atoms with Crippen LogP contribution in [0.5, 0.6) is 0 Å². The van der Waals surface area contributed by atoms with E-state index < -0.39 is 5.91 Å². The van der Waals surface area contributed by atoms with E-state index >= 15 is 0 Å². The van der Waals surface area contributed by atoms with Crippen LogP contribution < -0.4 is 5.73 Å². The lowest BCUT2D eigenvalue weighted by Gasteiger charge is -1.99. The summed E-state index contributed by atoms with van der Waals surface area (Å²) in [6.07, 6.45) is 1.09. The highest BCUT2D eigenvalue weighted by Crippen LogP contribution is 2.31. The number of aryl methyl sites for hydroxylation is 1. The zero-order chi connectivity index (χ0) is 11.2. The Kier molecular flexibility index (Phi) is 2.24. The van der Waals surface area contributed by atoms with Gasteiger partial charge in [-0.3, -0.25) is 4.79 Å². The molecule has 78 valence electrons. The topological polar surface area (TPSA) is 84.8 Å². The molecule has 2 aromatic heterocycles. The Hall–Kier alpha value is -1.40. The zero-order valence-corrected chi connectivity index (χ0v) is 9.32. The van der Waals surface area contributed by atoms with E-state index in [0.29, 0.717) is 20.4 Å². The van der Waals surface area contributed by atoms with Crippen LogP contribution in [0.3, 0.4) is 0 Å². The molecule has 0 bridgehead atoms. The van der Waals surface area contributed by atoms with E-state index in [4.69, 9.17) is 22.7 Å². The van der Waals surface area contributed by atoms with Crippen molar-refractivity contribution in [2.24, 2.45) is 12.8 Å². The molecular formula is C8H7ClN4OS. The van der Waals surface area contributed by atoms with Crippen LogP contribution >= 0.6 is 22.9 Å². The highest BCUT2D eigenvalue weighted by atomic mass is 35.5. The summed E-state index contributed by atoms with van der Waals surface area (Å²) >= 11 is 6.99. The van der Waals surface area contributed by atoms with Crippen molar-refractivity contribution in [1.29, 1.82) is 5.41 Å². The van der Waals surface area contributed by atoms with Gasteiger partial charge in [-0.1, -0.05) is 22.9 Å². The number of nitrogens with zero attached hydrogens (tertiary/aromatic N) is 2. The number of hydrogen-bond acceptors (Lipinski definition) is 4. The number of nitrogens with two attached hydrogens (primary N) is 1. The fourth-order valence-corrected chi connectivity index (χ4v) is 2.67. The Morgan fingerprint density at radius 2 is 2.40 bits per heavy atom. The van der Waals surface area contributed by atoms with Crippen molar-refractivity contribution in [1.82, 2.24) is 9.55 Å². The van der Waals surface area contributed by atoms with Gasteiger partial charge in [-0.25, -0.2) is 4.98 Å². The number of primary amides is 1. The molecule has 0 saturated heterocycles. The first kappa shape index (κ1) is 10.1. The summed E-state index contributed by atoms with van der Waals surface area (Å²) in [5.74, 6) is -0.572. The standard InChI is InChI=1S/C8H7ClN4OS/c1-13-4(6(11)14)3(2-10)5-7(13)12-8(9)15-5/h2,10H,1H3,(H2,11,14). The van der Waals surface area contributed by atoms with E-state index in [1.54, 1.807) is 11.6 Å². The van der Waals surface area contributed by atoms with Gasteiger partial charge in [0.2, 0.25) is 0 Å². The van der Waals surface area contributed by atoms with E-state index in [1.165, 1.54) is 11.3 Å². The number of thiazole rings is 1. The van der Waals surface area contributed by atoms with Crippen LogP contribution in [0.2, 0.25) is 4.47 Å². The van der Waals surface area contributed by atoms with Crippen molar-refractivity contribution >= 4 is 45.4 Å². The van der Waals surface area contributed by atoms with E-state index in [0.717, 1.165) is 6.21 Å². The summed E-state index contributed by atoms with van der Waals surface area (Å²) < 4.78 is 2.65. The Balaban J connectivity index is 2.92. The van der Waals surface area contributed by atoms with Crippen LogP contribution in [0, 0.1) is 5.41 Å². The summed E-state index contributed by atoms with van der Waals surface area (Å²) in [5, 5.41) is 7.27. The molecule has 0 saturated carbocycles. The molecule has 0 aromatic carbocycles. The van der Waals surface area contributed by atoms with E-state index in [9.17, 15) is 4.79 Å². The maximum atomic E-state index is 11.2. The second-order valence-electron chi connectivity index (χ2n) is 2.95. The third kappa shape index (κ3) is 1.33. The Morgan fingerprint density at radius 3 is 2.93 bits per heavy atom. The van der Waals surface area contributed by atoms with Crippen molar-refractivity contribution in [3.8, 4) is 0 Å². The van der Waals surface area contributed by atoms with Crippen LogP contribution in [0.1, 0.15) is 16.1 Å². The molecule has 3 N–H and O–H groups in total. The monoisotopic (exact) mass is 242 g/mol. The number of fused-ring (bicyclic) bond motifs is 1. The maximum absolute atomic E-state index is 11.2. The maximum Gasteiger partial charge on any atom is 0.266 e. The van der Waals surface area contributed by atoms with Gasteiger partial charge >= 0.3 is 0 Å². The Morgan fingerprint density at radius 1 is 1.73 bits per heavy atom.